The van der Waals surface area contributed by atoms with Gasteiger partial charge in [0.05, 0.1) is 32.4 Å². The number of halogens is 3. The number of aliphatic hydroxyl groups is 1. The third-order valence-corrected chi connectivity index (χ3v) is 2.79. The first kappa shape index (κ1) is 17.4. The first-order valence-corrected chi connectivity index (χ1v) is 6.31. The lowest BCUT2D eigenvalue weighted by atomic mass is 10.1. The van der Waals surface area contributed by atoms with Gasteiger partial charge in [0.15, 0.2) is 5.76 Å². The van der Waals surface area contributed by atoms with Crippen molar-refractivity contribution in [2.45, 2.75) is 30.7 Å². The Kier molecular flexibility index (Phi) is 5.65. The third-order valence-electron chi connectivity index (χ3n) is 2.61. The average Bonchev–Trinajstić information content (AvgIpc) is 3.21. The van der Waals surface area contributed by atoms with Crippen LogP contribution in [0.5, 0.6) is 0 Å². The van der Waals surface area contributed by atoms with Crippen LogP contribution >= 0.6 is 11.6 Å². The molecule has 0 aromatic carbocycles. The van der Waals surface area contributed by atoms with E-state index in [2.05, 4.69) is 14.5 Å². The van der Waals surface area contributed by atoms with Crippen molar-refractivity contribution >= 4 is 29.3 Å². The summed E-state index contributed by atoms with van der Waals surface area (Å²) in [7, 11) is 2.03. The fourth-order valence-electron chi connectivity index (χ4n) is 1.43. The minimum Gasteiger partial charge on any atom is -0.505 e. The molecule has 0 saturated heterocycles. The van der Waals surface area contributed by atoms with E-state index in [0.29, 0.717) is 12.8 Å². The summed E-state index contributed by atoms with van der Waals surface area (Å²) in [6.45, 7) is 0. The maximum Gasteiger partial charge on any atom is 0.379 e. The predicted molar refractivity (Wildman–Crippen MR) is 69.6 cm³/mol. The molecule has 0 aromatic heterocycles. The molecule has 9 heteroatoms. The number of ether oxygens (including phenoxy) is 2. The van der Waals surface area contributed by atoms with E-state index in [1.165, 1.54) is 0 Å². The van der Waals surface area contributed by atoms with E-state index in [9.17, 15) is 23.5 Å². The molecular formula is C12H14ClF2NO5. The molecule has 0 aromatic rings. The molecule has 1 aliphatic rings. The van der Waals surface area contributed by atoms with Crippen LogP contribution in [-0.2, 0) is 19.1 Å². The number of aliphatic imine (C=N–C) groups is 1. The summed E-state index contributed by atoms with van der Waals surface area (Å²) in [5, 5.41) is 5.31. The van der Waals surface area contributed by atoms with Crippen molar-refractivity contribution in [2.75, 3.05) is 14.2 Å². The van der Waals surface area contributed by atoms with Crippen LogP contribution in [0, 0.1) is 0 Å². The SMILES string of the molecule is COC(=O)CC(=NC1CC1)C(C(=O)OC)=C(O)C(F)(F)Cl. The van der Waals surface area contributed by atoms with Gasteiger partial charge < -0.3 is 14.6 Å². The van der Waals surface area contributed by atoms with E-state index in [0.717, 1.165) is 14.2 Å². The number of methoxy groups -OCH3 is 2. The molecule has 1 saturated carbocycles. The van der Waals surface area contributed by atoms with Crippen LogP contribution in [0.2, 0.25) is 0 Å². The minimum absolute atomic E-state index is 0.193. The largest absolute Gasteiger partial charge is 0.505 e. The normalized spacial score (nSPS) is 17.1. The van der Waals surface area contributed by atoms with Gasteiger partial charge in [-0.05, 0) is 24.4 Å². The maximum absolute atomic E-state index is 13.1. The van der Waals surface area contributed by atoms with Crippen molar-refractivity contribution in [3.05, 3.63) is 11.3 Å². The predicted octanol–water partition coefficient (Wildman–Crippen LogP) is 1.97. The number of nitrogens with zero attached hydrogens (tertiary/aromatic N) is 1. The molecule has 1 N–H and O–H groups in total. The monoisotopic (exact) mass is 325 g/mol. The van der Waals surface area contributed by atoms with Gasteiger partial charge in [0.1, 0.15) is 5.57 Å². The maximum atomic E-state index is 13.1. The van der Waals surface area contributed by atoms with Gasteiger partial charge in [0.2, 0.25) is 0 Å². The van der Waals surface area contributed by atoms with Crippen molar-refractivity contribution in [3.8, 4) is 0 Å². The fraction of sp³-hybridized carbons (Fsp3) is 0.583. The molecule has 0 spiro atoms. The van der Waals surface area contributed by atoms with Crippen molar-refractivity contribution in [1.82, 2.24) is 0 Å². The first-order chi connectivity index (χ1) is 9.70. The van der Waals surface area contributed by atoms with Crippen LogP contribution in [0.4, 0.5) is 8.78 Å². The van der Waals surface area contributed by atoms with E-state index in [4.69, 9.17) is 11.6 Å². The van der Waals surface area contributed by atoms with Gasteiger partial charge in [-0.15, -0.1) is 0 Å². The average molecular weight is 326 g/mol. The van der Waals surface area contributed by atoms with Crippen LogP contribution in [0.1, 0.15) is 19.3 Å². The van der Waals surface area contributed by atoms with E-state index < -0.39 is 35.1 Å². The molecule has 0 heterocycles. The van der Waals surface area contributed by atoms with Gasteiger partial charge in [-0.2, -0.15) is 8.78 Å². The zero-order chi connectivity index (χ0) is 16.2. The zero-order valence-corrected chi connectivity index (χ0v) is 12.1. The Balaban J connectivity index is 3.30. The van der Waals surface area contributed by atoms with E-state index in [1.807, 2.05) is 0 Å². The summed E-state index contributed by atoms with van der Waals surface area (Å²) in [5.41, 5.74) is -1.26. The molecule has 1 aliphatic carbocycles. The number of aliphatic hydroxyl groups excluding tert-OH is 1. The molecule has 1 rings (SSSR count). The molecule has 6 nitrogen and oxygen atoms in total. The van der Waals surface area contributed by atoms with Gasteiger partial charge in [0.25, 0.3) is 0 Å². The van der Waals surface area contributed by atoms with Crippen LogP contribution < -0.4 is 0 Å². The second-order valence-corrected chi connectivity index (χ2v) is 4.75. The molecule has 1 fully saturated rings. The lowest BCUT2D eigenvalue weighted by Gasteiger charge is -2.14. The highest BCUT2D eigenvalue weighted by Gasteiger charge is 2.39. The summed E-state index contributed by atoms with van der Waals surface area (Å²) in [4.78, 5) is 27.0. The van der Waals surface area contributed by atoms with Crippen molar-refractivity contribution in [1.29, 1.82) is 0 Å². The van der Waals surface area contributed by atoms with E-state index >= 15 is 0 Å². The Bertz CT molecular complexity index is 494. The van der Waals surface area contributed by atoms with E-state index in [1.54, 1.807) is 0 Å². The van der Waals surface area contributed by atoms with Crippen molar-refractivity contribution in [3.63, 3.8) is 0 Å². The lowest BCUT2D eigenvalue weighted by Crippen LogP contribution is -2.25. The van der Waals surface area contributed by atoms with Crippen LogP contribution in [-0.4, -0.2) is 48.4 Å². The Labute approximate surface area is 124 Å². The summed E-state index contributed by atoms with van der Waals surface area (Å²) < 4.78 is 34.9. The topological polar surface area (TPSA) is 85.2 Å². The summed E-state index contributed by atoms with van der Waals surface area (Å²) in [5.74, 6) is -3.78. The molecule has 118 valence electrons. The third kappa shape index (κ3) is 4.96. The van der Waals surface area contributed by atoms with Crippen LogP contribution in [0.25, 0.3) is 0 Å². The number of rotatable bonds is 6. The molecule has 0 atom stereocenters. The number of hydrogen-bond acceptors (Lipinski definition) is 6. The Morgan fingerprint density at radius 3 is 2.29 bits per heavy atom. The fourth-order valence-corrected chi connectivity index (χ4v) is 1.52. The molecule has 0 bridgehead atoms. The van der Waals surface area contributed by atoms with E-state index in [-0.39, 0.29) is 11.8 Å². The number of esters is 2. The second-order valence-electron chi connectivity index (χ2n) is 4.27. The highest BCUT2D eigenvalue weighted by Crippen LogP contribution is 2.32. The number of allylic oxidation sites excluding steroid dienone is 1. The van der Waals surface area contributed by atoms with Gasteiger partial charge in [0, 0.05) is 0 Å². The molecule has 0 radical (unpaired) electrons. The van der Waals surface area contributed by atoms with Gasteiger partial charge >= 0.3 is 17.3 Å². The number of carbonyl (C=O) groups is 2. The quantitative estimate of drug-likeness (QED) is 0.265. The second kappa shape index (κ2) is 6.84. The lowest BCUT2D eigenvalue weighted by molar-refractivity contribution is -0.139. The van der Waals surface area contributed by atoms with Crippen molar-refractivity contribution < 1.29 is 33.0 Å². The highest BCUT2D eigenvalue weighted by atomic mass is 35.5. The highest BCUT2D eigenvalue weighted by molar-refractivity contribution is 6.28. The smallest absolute Gasteiger partial charge is 0.379 e. The molecule has 0 amide bonds. The Morgan fingerprint density at radius 2 is 1.90 bits per heavy atom. The summed E-state index contributed by atoms with van der Waals surface area (Å²) >= 11 is 4.73. The number of alkyl halides is 3. The van der Waals surface area contributed by atoms with Crippen molar-refractivity contribution in [2.24, 2.45) is 4.99 Å². The van der Waals surface area contributed by atoms with Gasteiger partial charge in [-0.3, -0.25) is 9.79 Å². The molecule has 0 unspecified atom stereocenters. The van der Waals surface area contributed by atoms with Crippen LogP contribution in [0.3, 0.4) is 0 Å². The molecule has 21 heavy (non-hydrogen) atoms. The minimum atomic E-state index is -4.19. The Morgan fingerprint density at radius 1 is 1.33 bits per heavy atom. The van der Waals surface area contributed by atoms with Gasteiger partial charge in [-0.25, -0.2) is 4.79 Å². The first-order valence-electron chi connectivity index (χ1n) is 5.93. The molecule has 0 aliphatic heterocycles. The standard InChI is InChI=1S/C12H14ClF2NO5/c1-20-8(17)5-7(16-6-3-4-6)9(11(19)21-2)10(18)12(13,14)15/h6,18H,3-5H2,1-2H3. The Hall–Kier alpha value is -1.70. The number of carbonyl (C=O) groups excluding carboxylic acids is 2. The molecular weight excluding hydrogens is 312 g/mol. The zero-order valence-electron chi connectivity index (χ0n) is 11.4. The summed E-state index contributed by atoms with van der Waals surface area (Å²) in [6, 6.07) is -0.193. The number of hydrogen-bond donors (Lipinski definition) is 1. The summed E-state index contributed by atoms with van der Waals surface area (Å²) in [6.07, 6.45) is 0.822. The van der Waals surface area contributed by atoms with Gasteiger partial charge in [-0.1, -0.05) is 0 Å². The van der Waals surface area contributed by atoms with Crippen LogP contribution in [0.15, 0.2) is 16.3 Å².